The molecule has 4 nitrogen and oxygen atoms in total. The average Bonchev–Trinajstić information content (AvgIpc) is 2.93. The molecule has 2 aromatic rings. The van der Waals surface area contributed by atoms with Gasteiger partial charge in [0.05, 0.1) is 0 Å². The summed E-state index contributed by atoms with van der Waals surface area (Å²) < 4.78 is 5.39. The lowest BCUT2D eigenvalue weighted by Gasteiger charge is -2.27. The Morgan fingerprint density at radius 1 is 1.22 bits per heavy atom. The van der Waals surface area contributed by atoms with Gasteiger partial charge >= 0.3 is 0 Å². The van der Waals surface area contributed by atoms with Crippen LogP contribution in [0.25, 0.3) is 6.08 Å². The molecule has 0 spiro atoms. The number of rotatable bonds is 6. The SMILES string of the molecule is CCN(c1ccc(NC(=O)/C=C/c2ccc(C)o2)cc1)C(C)C. The van der Waals surface area contributed by atoms with Gasteiger partial charge in [0, 0.05) is 30.0 Å². The van der Waals surface area contributed by atoms with E-state index in [0.29, 0.717) is 11.8 Å². The van der Waals surface area contributed by atoms with Gasteiger partial charge in [-0.1, -0.05) is 0 Å². The number of nitrogens with one attached hydrogen (secondary N) is 1. The van der Waals surface area contributed by atoms with Crippen molar-refractivity contribution in [2.24, 2.45) is 0 Å². The Morgan fingerprint density at radius 3 is 2.43 bits per heavy atom. The molecule has 0 radical (unpaired) electrons. The zero-order chi connectivity index (χ0) is 16.8. The summed E-state index contributed by atoms with van der Waals surface area (Å²) in [5.74, 6) is 1.32. The highest BCUT2D eigenvalue weighted by Gasteiger charge is 2.08. The number of aryl methyl sites for hydroxylation is 1. The smallest absolute Gasteiger partial charge is 0.248 e. The van der Waals surface area contributed by atoms with Gasteiger partial charge in [-0.15, -0.1) is 0 Å². The van der Waals surface area contributed by atoms with Gasteiger partial charge in [0.2, 0.25) is 5.91 Å². The quantitative estimate of drug-likeness (QED) is 0.800. The van der Waals surface area contributed by atoms with Gasteiger partial charge in [0.25, 0.3) is 0 Å². The number of benzene rings is 1. The maximum atomic E-state index is 11.9. The second-order valence-corrected chi connectivity index (χ2v) is 5.70. The third-order valence-corrected chi connectivity index (χ3v) is 3.59. The zero-order valence-electron chi connectivity index (χ0n) is 14.2. The molecule has 0 unspecified atom stereocenters. The van der Waals surface area contributed by atoms with E-state index in [2.05, 4.69) is 31.0 Å². The Labute approximate surface area is 137 Å². The molecule has 0 aliphatic heterocycles. The van der Waals surface area contributed by atoms with Gasteiger partial charge in [-0.2, -0.15) is 0 Å². The molecule has 0 aliphatic carbocycles. The van der Waals surface area contributed by atoms with E-state index in [1.54, 1.807) is 6.08 Å². The summed E-state index contributed by atoms with van der Waals surface area (Å²) in [7, 11) is 0. The number of anilines is 2. The van der Waals surface area contributed by atoms with E-state index in [-0.39, 0.29) is 5.91 Å². The molecule has 0 saturated heterocycles. The van der Waals surface area contributed by atoms with Crippen LogP contribution < -0.4 is 10.2 Å². The first-order valence-electron chi connectivity index (χ1n) is 7.91. The van der Waals surface area contributed by atoms with Crippen molar-refractivity contribution in [1.82, 2.24) is 0 Å². The van der Waals surface area contributed by atoms with E-state index in [0.717, 1.165) is 23.7 Å². The van der Waals surface area contributed by atoms with Crippen molar-refractivity contribution < 1.29 is 9.21 Å². The van der Waals surface area contributed by atoms with E-state index in [1.807, 2.05) is 43.3 Å². The molecule has 0 atom stereocenters. The van der Waals surface area contributed by atoms with Crippen LogP contribution in [-0.4, -0.2) is 18.5 Å². The highest BCUT2D eigenvalue weighted by Crippen LogP contribution is 2.20. The van der Waals surface area contributed by atoms with Crippen molar-refractivity contribution in [3.05, 3.63) is 54.0 Å². The minimum atomic E-state index is -0.178. The fraction of sp³-hybridized carbons (Fsp3) is 0.316. The summed E-state index contributed by atoms with van der Waals surface area (Å²) >= 11 is 0. The summed E-state index contributed by atoms with van der Waals surface area (Å²) in [6, 6.07) is 12.0. The first-order valence-corrected chi connectivity index (χ1v) is 7.91. The van der Waals surface area contributed by atoms with Crippen LogP contribution in [0.1, 0.15) is 32.3 Å². The van der Waals surface area contributed by atoms with Crippen molar-refractivity contribution in [2.75, 3.05) is 16.8 Å². The predicted molar refractivity (Wildman–Crippen MR) is 95.7 cm³/mol. The number of hydrogen-bond donors (Lipinski definition) is 1. The number of hydrogen-bond acceptors (Lipinski definition) is 3. The van der Waals surface area contributed by atoms with Crippen molar-refractivity contribution >= 4 is 23.4 Å². The first kappa shape index (κ1) is 16.9. The molecular formula is C19H24N2O2. The van der Waals surface area contributed by atoms with Gasteiger partial charge in [-0.3, -0.25) is 4.79 Å². The minimum absolute atomic E-state index is 0.178. The highest BCUT2D eigenvalue weighted by molar-refractivity contribution is 6.01. The van der Waals surface area contributed by atoms with Crippen LogP contribution in [0.5, 0.6) is 0 Å². The standard InChI is InChI=1S/C19H24N2O2/c1-5-21(14(2)3)17-9-7-16(8-10-17)20-19(22)13-12-18-11-6-15(4)23-18/h6-14H,5H2,1-4H3,(H,20,22)/b13-12+. The van der Waals surface area contributed by atoms with Crippen LogP contribution in [0.15, 0.2) is 46.9 Å². The number of amides is 1. The number of carbonyl (C=O) groups excluding carboxylic acids is 1. The predicted octanol–water partition coefficient (Wildman–Crippen LogP) is 4.47. The molecule has 0 aliphatic rings. The molecule has 1 aromatic heterocycles. The minimum Gasteiger partial charge on any atom is -0.462 e. The first-order chi connectivity index (χ1) is 11.0. The van der Waals surface area contributed by atoms with Crippen molar-refractivity contribution in [3.63, 3.8) is 0 Å². The summed E-state index contributed by atoms with van der Waals surface area (Å²) in [5, 5.41) is 2.85. The van der Waals surface area contributed by atoms with Crippen molar-refractivity contribution in [3.8, 4) is 0 Å². The van der Waals surface area contributed by atoms with E-state index in [9.17, 15) is 4.79 Å². The lowest BCUT2D eigenvalue weighted by molar-refractivity contribution is -0.111. The average molecular weight is 312 g/mol. The van der Waals surface area contributed by atoms with Crippen LogP contribution in [0.3, 0.4) is 0 Å². The molecular weight excluding hydrogens is 288 g/mol. The van der Waals surface area contributed by atoms with Crippen LogP contribution in [0.2, 0.25) is 0 Å². The highest BCUT2D eigenvalue weighted by atomic mass is 16.3. The number of nitrogens with zero attached hydrogens (tertiary/aromatic N) is 1. The second kappa shape index (κ2) is 7.68. The van der Waals surface area contributed by atoms with Gasteiger partial charge in [0.1, 0.15) is 11.5 Å². The molecule has 0 bridgehead atoms. The molecule has 1 aromatic carbocycles. The van der Waals surface area contributed by atoms with E-state index >= 15 is 0 Å². The van der Waals surface area contributed by atoms with Gasteiger partial charge in [-0.25, -0.2) is 0 Å². The normalized spacial score (nSPS) is 11.2. The topological polar surface area (TPSA) is 45.5 Å². The lowest BCUT2D eigenvalue weighted by atomic mass is 10.2. The third-order valence-electron chi connectivity index (χ3n) is 3.59. The Kier molecular flexibility index (Phi) is 5.63. The summed E-state index contributed by atoms with van der Waals surface area (Å²) in [6.45, 7) is 9.29. The van der Waals surface area contributed by atoms with Crippen LogP contribution >= 0.6 is 0 Å². The maximum Gasteiger partial charge on any atom is 0.248 e. The third kappa shape index (κ3) is 4.74. The van der Waals surface area contributed by atoms with E-state index in [1.165, 1.54) is 6.08 Å². The summed E-state index contributed by atoms with van der Waals surface area (Å²) in [4.78, 5) is 14.2. The van der Waals surface area contributed by atoms with Crippen LogP contribution in [0, 0.1) is 6.92 Å². The Bertz CT molecular complexity index is 669. The number of furan rings is 1. The van der Waals surface area contributed by atoms with Gasteiger partial charge in [0.15, 0.2) is 0 Å². The molecule has 0 fully saturated rings. The Morgan fingerprint density at radius 2 is 1.91 bits per heavy atom. The van der Waals surface area contributed by atoms with E-state index in [4.69, 9.17) is 4.42 Å². The van der Waals surface area contributed by atoms with Gasteiger partial charge in [-0.05, 0) is 70.2 Å². The lowest BCUT2D eigenvalue weighted by Crippen LogP contribution is -2.30. The zero-order valence-corrected chi connectivity index (χ0v) is 14.2. The summed E-state index contributed by atoms with van der Waals surface area (Å²) in [5.41, 5.74) is 1.93. The summed E-state index contributed by atoms with van der Waals surface area (Å²) in [6.07, 6.45) is 3.13. The van der Waals surface area contributed by atoms with Crippen LogP contribution in [0.4, 0.5) is 11.4 Å². The molecule has 2 rings (SSSR count). The second-order valence-electron chi connectivity index (χ2n) is 5.70. The fourth-order valence-corrected chi connectivity index (χ4v) is 2.47. The molecule has 122 valence electrons. The largest absolute Gasteiger partial charge is 0.462 e. The molecule has 0 saturated carbocycles. The monoisotopic (exact) mass is 312 g/mol. The molecule has 23 heavy (non-hydrogen) atoms. The Hall–Kier alpha value is -2.49. The Balaban J connectivity index is 1.97. The maximum absolute atomic E-state index is 11.9. The fourth-order valence-electron chi connectivity index (χ4n) is 2.47. The molecule has 1 heterocycles. The molecule has 1 amide bonds. The van der Waals surface area contributed by atoms with E-state index < -0.39 is 0 Å². The molecule has 1 N–H and O–H groups in total. The van der Waals surface area contributed by atoms with Crippen molar-refractivity contribution in [2.45, 2.75) is 33.7 Å². The number of carbonyl (C=O) groups is 1. The van der Waals surface area contributed by atoms with Gasteiger partial charge < -0.3 is 14.6 Å². The molecule has 4 heteroatoms. The van der Waals surface area contributed by atoms with Crippen molar-refractivity contribution in [1.29, 1.82) is 0 Å². The van der Waals surface area contributed by atoms with Crippen LogP contribution in [-0.2, 0) is 4.79 Å².